The molecule has 0 unspecified atom stereocenters. The van der Waals surface area contributed by atoms with E-state index >= 15 is 0 Å². The van der Waals surface area contributed by atoms with E-state index in [1.807, 2.05) is 25.1 Å². The van der Waals surface area contributed by atoms with Gasteiger partial charge in [-0.1, -0.05) is 24.8 Å². The molecular weight excluding hydrogens is 216 g/mol. The molecule has 3 N–H and O–H groups in total. The molecule has 1 amide bonds. The summed E-state index contributed by atoms with van der Waals surface area (Å²) in [5, 5.41) is 11.7. The number of rotatable bonds is 5. The van der Waals surface area contributed by atoms with E-state index in [-0.39, 0.29) is 0 Å². The summed E-state index contributed by atoms with van der Waals surface area (Å²) in [7, 11) is 0. The number of nitrogens with one attached hydrogen (secondary N) is 2. The van der Waals surface area contributed by atoms with Gasteiger partial charge in [0, 0.05) is 17.8 Å². The highest BCUT2D eigenvalue weighted by Crippen LogP contribution is 2.04. The van der Waals surface area contributed by atoms with Crippen molar-refractivity contribution in [1.82, 2.24) is 10.8 Å². The first kappa shape index (κ1) is 13.0. The highest BCUT2D eigenvalue weighted by molar-refractivity contribution is 5.93. The van der Waals surface area contributed by atoms with Crippen LogP contribution in [-0.4, -0.2) is 11.1 Å². The molecule has 0 atom stereocenters. The van der Waals surface area contributed by atoms with Crippen LogP contribution >= 0.6 is 0 Å². The molecule has 0 spiro atoms. The number of carbonyl (C=O) groups is 1. The van der Waals surface area contributed by atoms with Gasteiger partial charge in [-0.25, -0.2) is 5.48 Å². The zero-order valence-corrected chi connectivity index (χ0v) is 9.73. The van der Waals surface area contributed by atoms with E-state index < -0.39 is 5.91 Å². The molecule has 0 aliphatic carbocycles. The van der Waals surface area contributed by atoms with E-state index in [4.69, 9.17) is 5.21 Å². The summed E-state index contributed by atoms with van der Waals surface area (Å²) in [6.45, 7) is 6.24. The van der Waals surface area contributed by atoms with Gasteiger partial charge in [0.25, 0.3) is 5.91 Å². The van der Waals surface area contributed by atoms with Crippen LogP contribution in [0.25, 0.3) is 0 Å². The fraction of sp³-hybridized carbons (Fsp3) is 0.154. The quantitative estimate of drug-likeness (QED) is 0.413. The van der Waals surface area contributed by atoms with Crippen LogP contribution < -0.4 is 10.8 Å². The Bertz CT molecular complexity index is 422. The lowest BCUT2D eigenvalue weighted by molar-refractivity contribution is 0.0706. The maximum Gasteiger partial charge on any atom is 0.274 e. The zero-order chi connectivity index (χ0) is 12.7. The fourth-order valence-corrected chi connectivity index (χ4v) is 1.32. The van der Waals surface area contributed by atoms with Crippen molar-refractivity contribution in [3.63, 3.8) is 0 Å². The van der Waals surface area contributed by atoms with Crippen molar-refractivity contribution in [3.8, 4) is 0 Å². The van der Waals surface area contributed by atoms with E-state index in [9.17, 15) is 4.79 Å². The molecule has 0 aromatic heterocycles. The highest BCUT2D eigenvalue weighted by atomic mass is 16.5. The molecule has 4 heteroatoms. The summed E-state index contributed by atoms with van der Waals surface area (Å²) >= 11 is 0. The molecule has 0 saturated heterocycles. The molecule has 0 fully saturated rings. The van der Waals surface area contributed by atoms with Crippen LogP contribution in [0.15, 0.2) is 48.7 Å². The fourth-order valence-electron chi connectivity index (χ4n) is 1.32. The van der Waals surface area contributed by atoms with Gasteiger partial charge in [0.2, 0.25) is 0 Å². The third-order valence-corrected chi connectivity index (χ3v) is 2.26. The summed E-state index contributed by atoms with van der Waals surface area (Å²) in [6, 6.07) is 6.99. The molecule has 90 valence electrons. The third-order valence-electron chi connectivity index (χ3n) is 2.26. The second kappa shape index (κ2) is 6.50. The Labute approximate surface area is 101 Å². The number of amides is 1. The standard InChI is InChI=1S/C13H16N2O2/c1-3-4-10(2)14-9-11-5-7-12(8-6-11)13(16)15-17/h3-8,14,17H,1,9H2,2H3,(H,15,16)/b10-4+. The average molecular weight is 232 g/mol. The second-order valence-corrected chi connectivity index (χ2v) is 3.58. The molecule has 0 radical (unpaired) electrons. The number of hydrogen-bond acceptors (Lipinski definition) is 3. The SMILES string of the molecule is C=C/C=C(\C)NCc1ccc(C(=O)NO)cc1. The Morgan fingerprint density at radius 2 is 2.06 bits per heavy atom. The molecule has 0 heterocycles. The van der Waals surface area contributed by atoms with Crippen LogP contribution in [0.5, 0.6) is 0 Å². The van der Waals surface area contributed by atoms with Crippen molar-refractivity contribution in [2.24, 2.45) is 0 Å². The molecular formula is C13H16N2O2. The molecule has 17 heavy (non-hydrogen) atoms. The number of carbonyl (C=O) groups excluding carboxylic acids is 1. The first-order valence-electron chi connectivity index (χ1n) is 5.24. The van der Waals surface area contributed by atoms with Gasteiger partial charge in [-0.15, -0.1) is 0 Å². The minimum atomic E-state index is -0.507. The molecule has 0 saturated carbocycles. The van der Waals surface area contributed by atoms with Gasteiger partial charge in [0.15, 0.2) is 0 Å². The van der Waals surface area contributed by atoms with Crippen molar-refractivity contribution in [1.29, 1.82) is 0 Å². The predicted molar refractivity (Wildman–Crippen MR) is 66.5 cm³/mol. The van der Waals surface area contributed by atoms with Gasteiger partial charge >= 0.3 is 0 Å². The van der Waals surface area contributed by atoms with Gasteiger partial charge < -0.3 is 5.32 Å². The van der Waals surface area contributed by atoms with Crippen molar-refractivity contribution >= 4 is 5.91 Å². The van der Waals surface area contributed by atoms with Gasteiger partial charge in [-0.2, -0.15) is 0 Å². The number of benzene rings is 1. The van der Waals surface area contributed by atoms with E-state index in [1.54, 1.807) is 23.7 Å². The van der Waals surface area contributed by atoms with Crippen LogP contribution in [0.3, 0.4) is 0 Å². The summed E-state index contributed by atoms with van der Waals surface area (Å²) in [5.41, 5.74) is 4.10. The molecule has 0 aliphatic heterocycles. The normalized spacial score (nSPS) is 10.8. The maximum atomic E-state index is 11.1. The van der Waals surface area contributed by atoms with Crippen LogP contribution in [0.4, 0.5) is 0 Å². The zero-order valence-electron chi connectivity index (χ0n) is 9.73. The van der Waals surface area contributed by atoms with Crippen LogP contribution in [0, 0.1) is 0 Å². The lowest BCUT2D eigenvalue weighted by Crippen LogP contribution is -2.18. The Kier molecular flexibility index (Phi) is 4.97. The lowest BCUT2D eigenvalue weighted by atomic mass is 10.1. The minimum Gasteiger partial charge on any atom is -0.384 e. The average Bonchev–Trinajstić information content (AvgIpc) is 2.36. The van der Waals surface area contributed by atoms with E-state index in [1.165, 1.54) is 0 Å². The largest absolute Gasteiger partial charge is 0.384 e. The topological polar surface area (TPSA) is 61.4 Å². The second-order valence-electron chi connectivity index (χ2n) is 3.58. The van der Waals surface area contributed by atoms with Gasteiger partial charge in [-0.05, 0) is 30.7 Å². The van der Waals surface area contributed by atoms with E-state index in [0.717, 1.165) is 11.3 Å². The first-order chi connectivity index (χ1) is 8.17. The van der Waals surface area contributed by atoms with E-state index in [2.05, 4.69) is 11.9 Å². The minimum absolute atomic E-state index is 0.426. The third kappa shape index (κ3) is 4.12. The first-order valence-corrected chi connectivity index (χ1v) is 5.24. The molecule has 1 aromatic rings. The van der Waals surface area contributed by atoms with Gasteiger partial charge in [0.05, 0.1) is 0 Å². The van der Waals surface area contributed by atoms with Crippen molar-refractivity contribution < 1.29 is 10.0 Å². The maximum absolute atomic E-state index is 11.1. The van der Waals surface area contributed by atoms with Crippen LogP contribution in [-0.2, 0) is 6.54 Å². The molecule has 0 bridgehead atoms. The summed E-state index contributed by atoms with van der Waals surface area (Å²) < 4.78 is 0. The molecule has 0 aliphatic rings. The Balaban J connectivity index is 2.60. The Morgan fingerprint density at radius 3 is 2.59 bits per heavy atom. The highest BCUT2D eigenvalue weighted by Gasteiger charge is 2.02. The summed E-state index contributed by atoms with van der Waals surface area (Å²) in [4.78, 5) is 11.1. The Morgan fingerprint density at radius 1 is 1.41 bits per heavy atom. The molecule has 1 rings (SSSR count). The van der Waals surface area contributed by atoms with Crippen molar-refractivity contribution in [2.75, 3.05) is 0 Å². The molecule has 4 nitrogen and oxygen atoms in total. The lowest BCUT2D eigenvalue weighted by Gasteiger charge is -2.06. The van der Waals surface area contributed by atoms with Crippen molar-refractivity contribution in [2.45, 2.75) is 13.5 Å². The monoisotopic (exact) mass is 232 g/mol. The number of hydroxylamine groups is 1. The van der Waals surface area contributed by atoms with Crippen LogP contribution in [0.1, 0.15) is 22.8 Å². The number of allylic oxidation sites excluding steroid dienone is 3. The summed E-state index contributed by atoms with van der Waals surface area (Å²) in [6.07, 6.45) is 3.60. The Hall–Kier alpha value is -2.07. The smallest absolute Gasteiger partial charge is 0.274 e. The molecule has 1 aromatic carbocycles. The van der Waals surface area contributed by atoms with Gasteiger partial charge in [-0.3, -0.25) is 10.0 Å². The van der Waals surface area contributed by atoms with E-state index in [0.29, 0.717) is 12.1 Å². The van der Waals surface area contributed by atoms with Gasteiger partial charge in [0.1, 0.15) is 0 Å². The van der Waals surface area contributed by atoms with Crippen LogP contribution in [0.2, 0.25) is 0 Å². The van der Waals surface area contributed by atoms with Crippen molar-refractivity contribution in [3.05, 3.63) is 59.8 Å². The predicted octanol–water partition coefficient (Wildman–Crippen LogP) is 1.98. The number of hydrogen-bond donors (Lipinski definition) is 3. The summed E-state index contributed by atoms with van der Waals surface area (Å²) in [5.74, 6) is -0.507.